The molecule has 5 heteroatoms. The number of rotatable bonds is 1. The highest BCUT2D eigenvalue weighted by Crippen LogP contribution is 2.34. The molecule has 3 aromatic rings. The number of aromatic nitrogens is 2. The lowest BCUT2D eigenvalue weighted by Gasteiger charge is -2.18. The van der Waals surface area contributed by atoms with E-state index in [0.717, 1.165) is 47.0 Å². The zero-order chi connectivity index (χ0) is 17.9. The Labute approximate surface area is 152 Å². The molecule has 5 rings (SSSR count). The molecule has 1 aliphatic heterocycles. The summed E-state index contributed by atoms with van der Waals surface area (Å²) in [5.41, 5.74) is 17.7. The minimum absolute atomic E-state index is 0.530. The van der Waals surface area contributed by atoms with E-state index in [2.05, 4.69) is 22.1 Å². The van der Waals surface area contributed by atoms with E-state index in [1.165, 1.54) is 11.1 Å². The molecule has 0 radical (unpaired) electrons. The number of nitrogens with zero attached hydrogens (tertiary/aromatic N) is 2. The molecule has 1 aliphatic carbocycles. The van der Waals surface area contributed by atoms with Crippen LogP contribution in [0.4, 0.5) is 0 Å². The van der Waals surface area contributed by atoms with E-state index in [4.69, 9.17) is 16.2 Å². The lowest BCUT2D eigenvalue weighted by atomic mass is 10.0. The van der Waals surface area contributed by atoms with Crippen molar-refractivity contribution >= 4 is 5.70 Å². The molecule has 0 fully saturated rings. The first kappa shape index (κ1) is 16.3. The molecule has 0 saturated carbocycles. The third kappa shape index (κ3) is 3.05. The van der Waals surface area contributed by atoms with Crippen molar-refractivity contribution < 1.29 is 4.74 Å². The van der Waals surface area contributed by atoms with Gasteiger partial charge in [0, 0.05) is 30.9 Å². The molecule has 0 atom stereocenters. The monoisotopic (exact) mass is 344 g/mol. The standard InChI is InChI=1S/C12H9NO.C9H11N3/c1-2-6-11-9(4-1)8-10-5-3-7-13-12(10)14-11;10-5-7-4-6-2-1-3-12-9(6)8(7)11/h1-7H,8H2;1-3H,4-5,10-11H2. The average Bonchev–Trinajstić information content (AvgIpc) is 3.03. The molecule has 5 nitrogen and oxygen atoms in total. The molecule has 26 heavy (non-hydrogen) atoms. The Kier molecular flexibility index (Phi) is 4.37. The first-order valence-corrected chi connectivity index (χ1v) is 8.57. The van der Waals surface area contributed by atoms with Crippen LogP contribution in [-0.2, 0) is 12.8 Å². The molecule has 0 spiro atoms. The Balaban J connectivity index is 0.000000131. The smallest absolute Gasteiger partial charge is 0.222 e. The van der Waals surface area contributed by atoms with Gasteiger partial charge in [0.1, 0.15) is 5.75 Å². The second-order valence-corrected chi connectivity index (χ2v) is 6.26. The van der Waals surface area contributed by atoms with Crippen LogP contribution in [0.2, 0.25) is 0 Å². The van der Waals surface area contributed by atoms with Crippen molar-refractivity contribution in [1.82, 2.24) is 9.97 Å². The summed E-state index contributed by atoms with van der Waals surface area (Å²) in [6.07, 6.45) is 5.29. The van der Waals surface area contributed by atoms with Crippen molar-refractivity contribution in [2.75, 3.05) is 6.54 Å². The van der Waals surface area contributed by atoms with Crippen molar-refractivity contribution in [1.29, 1.82) is 0 Å². The van der Waals surface area contributed by atoms with Crippen molar-refractivity contribution in [3.8, 4) is 11.6 Å². The van der Waals surface area contributed by atoms with Crippen molar-refractivity contribution in [3.05, 3.63) is 88.9 Å². The summed E-state index contributed by atoms with van der Waals surface area (Å²) in [5.74, 6) is 1.67. The zero-order valence-electron chi connectivity index (χ0n) is 14.4. The van der Waals surface area contributed by atoms with E-state index < -0.39 is 0 Å². The van der Waals surface area contributed by atoms with Crippen LogP contribution in [0.5, 0.6) is 11.6 Å². The number of hydrogen-bond donors (Lipinski definition) is 2. The highest BCUT2D eigenvalue weighted by atomic mass is 16.5. The molecule has 1 aromatic carbocycles. The fraction of sp³-hybridized carbons (Fsp3) is 0.143. The molecular weight excluding hydrogens is 324 g/mol. The van der Waals surface area contributed by atoms with Crippen molar-refractivity contribution in [3.63, 3.8) is 0 Å². The molecule has 0 bridgehead atoms. The van der Waals surface area contributed by atoms with Crippen LogP contribution in [-0.4, -0.2) is 16.5 Å². The fourth-order valence-electron chi connectivity index (χ4n) is 3.21. The SMILES string of the molecule is NCC1=C(N)c2ncccc2C1.c1ccc2c(c1)Cc1cccnc1O2. The first-order valence-electron chi connectivity index (χ1n) is 8.57. The van der Waals surface area contributed by atoms with E-state index in [-0.39, 0.29) is 0 Å². The third-order valence-electron chi connectivity index (χ3n) is 4.59. The number of nitrogens with two attached hydrogens (primary N) is 2. The lowest BCUT2D eigenvalue weighted by Crippen LogP contribution is -2.07. The van der Waals surface area contributed by atoms with Gasteiger partial charge in [-0.3, -0.25) is 4.98 Å². The summed E-state index contributed by atoms with van der Waals surface area (Å²) in [7, 11) is 0. The van der Waals surface area contributed by atoms with Gasteiger partial charge in [0.15, 0.2) is 0 Å². The van der Waals surface area contributed by atoms with E-state index in [9.17, 15) is 0 Å². The van der Waals surface area contributed by atoms with Gasteiger partial charge in [-0.15, -0.1) is 0 Å². The Bertz CT molecular complexity index is 894. The van der Waals surface area contributed by atoms with Crippen LogP contribution >= 0.6 is 0 Å². The second-order valence-electron chi connectivity index (χ2n) is 6.26. The number of benzene rings is 1. The van der Waals surface area contributed by atoms with Gasteiger partial charge in [-0.2, -0.15) is 0 Å². The van der Waals surface area contributed by atoms with Gasteiger partial charge < -0.3 is 16.2 Å². The van der Waals surface area contributed by atoms with Crippen molar-refractivity contribution in [2.45, 2.75) is 12.8 Å². The number of fused-ring (bicyclic) bond motifs is 3. The predicted molar refractivity (Wildman–Crippen MR) is 102 cm³/mol. The maximum Gasteiger partial charge on any atom is 0.222 e. The quantitative estimate of drug-likeness (QED) is 0.554. The summed E-state index contributed by atoms with van der Waals surface area (Å²) in [6.45, 7) is 0.530. The predicted octanol–water partition coefficient (Wildman–Crippen LogP) is 3.04. The van der Waals surface area contributed by atoms with Gasteiger partial charge in [-0.25, -0.2) is 4.98 Å². The van der Waals surface area contributed by atoms with Crippen LogP contribution in [0.15, 0.2) is 66.5 Å². The van der Waals surface area contributed by atoms with E-state index >= 15 is 0 Å². The summed E-state index contributed by atoms with van der Waals surface area (Å²) >= 11 is 0. The Hall–Kier alpha value is -3.18. The Morgan fingerprint density at radius 3 is 2.38 bits per heavy atom. The number of para-hydroxylation sites is 1. The van der Waals surface area contributed by atoms with Crippen LogP contribution < -0.4 is 16.2 Å². The van der Waals surface area contributed by atoms with Gasteiger partial charge in [-0.05, 0) is 41.3 Å². The van der Waals surface area contributed by atoms with Gasteiger partial charge in [-0.1, -0.05) is 30.3 Å². The largest absolute Gasteiger partial charge is 0.438 e. The van der Waals surface area contributed by atoms with Crippen LogP contribution in [0.25, 0.3) is 5.70 Å². The maximum atomic E-state index is 5.84. The molecule has 0 amide bonds. The van der Waals surface area contributed by atoms with Gasteiger partial charge in [0.25, 0.3) is 0 Å². The number of ether oxygens (including phenoxy) is 1. The first-order chi connectivity index (χ1) is 12.8. The van der Waals surface area contributed by atoms with Crippen LogP contribution in [0.3, 0.4) is 0 Å². The molecule has 2 aliphatic rings. The van der Waals surface area contributed by atoms with Gasteiger partial charge in [0.05, 0.1) is 11.4 Å². The van der Waals surface area contributed by atoms with Gasteiger partial charge in [0.2, 0.25) is 5.88 Å². The Morgan fingerprint density at radius 2 is 1.58 bits per heavy atom. The fourth-order valence-corrected chi connectivity index (χ4v) is 3.21. The lowest BCUT2D eigenvalue weighted by molar-refractivity contribution is 0.440. The molecule has 130 valence electrons. The minimum atomic E-state index is 0.530. The molecule has 0 unspecified atom stereocenters. The summed E-state index contributed by atoms with van der Waals surface area (Å²) < 4.78 is 5.67. The van der Waals surface area contributed by atoms with E-state index in [0.29, 0.717) is 6.54 Å². The van der Waals surface area contributed by atoms with Crippen molar-refractivity contribution in [2.24, 2.45) is 11.5 Å². The summed E-state index contributed by atoms with van der Waals surface area (Å²) in [5, 5.41) is 0. The zero-order valence-corrected chi connectivity index (χ0v) is 14.4. The molecular formula is C21H20N4O. The van der Waals surface area contributed by atoms with E-state index in [1.54, 1.807) is 12.4 Å². The topological polar surface area (TPSA) is 87.1 Å². The Morgan fingerprint density at radius 1 is 0.846 bits per heavy atom. The number of pyridine rings is 2. The number of hydrogen-bond acceptors (Lipinski definition) is 5. The highest BCUT2D eigenvalue weighted by Gasteiger charge is 2.18. The van der Waals surface area contributed by atoms with Crippen LogP contribution in [0.1, 0.15) is 22.4 Å². The van der Waals surface area contributed by atoms with Crippen LogP contribution in [0, 0.1) is 0 Å². The highest BCUT2D eigenvalue weighted by molar-refractivity contribution is 5.71. The second kappa shape index (κ2) is 6.98. The van der Waals surface area contributed by atoms with E-state index in [1.807, 2.05) is 36.4 Å². The molecule has 2 aromatic heterocycles. The normalized spacial score (nSPS) is 13.7. The molecule has 3 heterocycles. The summed E-state index contributed by atoms with van der Waals surface area (Å²) in [4.78, 5) is 8.40. The van der Waals surface area contributed by atoms with Gasteiger partial charge >= 0.3 is 0 Å². The average molecular weight is 344 g/mol. The third-order valence-corrected chi connectivity index (χ3v) is 4.59. The molecule has 4 N–H and O–H groups in total. The maximum absolute atomic E-state index is 5.84. The molecule has 0 saturated heterocycles. The summed E-state index contributed by atoms with van der Waals surface area (Å²) in [6, 6.07) is 16.0. The minimum Gasteiger partial charge on any atom is -0.438 e.